The van der Waals surface area contributed by atoms with Crippen LogP contribution < -0.4 is 0 Å². The minimum atomic E-state index is -0.325. The highest BCUT2D eigenvalue weighted by molar-refractivity contribution is 5.75. The van der Waals surface area contributed by atoms with Crippen LogP contribution in [0.4, 0.5) is 0 Å². The van der Waals surface area contributed by atoms with Gasteiger partial charge in [0.1, 0.15) is 6.04 Å². The zero-order chi connectivity index (χ0) is 13.3. The van der Waals surface area contributed by atoms with Gasteiger partial charge in [0.05, 0.1) is 19.6 Å². The van der Waals surface area contributed by atoms with E-state index >= 15 is 0 Å². The number of rotatable bonds is 8. The predicted octanol–water partition coefficient (Wildman–Crippen LogP) is 1.21. The number of hydrogen-bond donors (Lipinski definition) is 0. The minimum Gasteiger partial charge on any atom is -0.466 e. The van der Waals surface area contributed by atoms with E-state index in [9.17, 15) is 9.59 Å². The smallest absolute Gasteiger partial charge is 0.323 e. The van der Waals surface area contributed by atoms with E-state index in [4.69, 9.17) is 9.47 Å². The molecule has 0 aromatic heterocycles. The van der Waals surface area contributed by atoms with Gasteiger partial charge >= 0.3 is 11.9 Å². The predicted molar refractivity (Wildman–Crippen MR) is 64.6 cm³/mol. The average Bonchev–Trinajstić information content (AvgIpc) is 2.30. The number of carbonyl (C=O) groups excluding carboxylic acids is 2. The van der Waals surface area contributed by atoms with Gasteiger partial charge in [-0.2, -0.15) is 0 Å². The zero-order valence-corrected chi connectivity index (χ0v) is 11.2. The summed E-state index contributed by atoms with van der Waals surface area (Å²) < 4.78 is 9.79. The summed E-state index contributed by atoms with van der Waals surface area (Å²) in [6.07, 6.45) is 0.297. The summed E-state index contributed by atoms with van der Waals surface area (Å²) in [5.41, 5.74) is 0. The van der Waals surface area contributed by atoms with Crippen LogP contribution in [0.2, 0.25) is 0 Å². The molecule has 0 aromatic rings. The standard InChI is InChI=1S/C12H23NO4/c1-5-13(9-8-11(14)16-6-2)10(4)12(15)17-7-3/h10H,5-9H2,1-4H3. The SMILES string of the molecule is CCOC(=O)CCN(CC)C(C)C(=O)OCC. The van der Waals surface area contributed by atoms with E-state index < -0.39 is 0 Å². The molecule has 17 heavy (non-hydrogen) atoms. The molecule has 0 bridgehead atoms. The Morgan fingerprint density at radius 2 is 1.71 bits per heavy atom. The summed E-state index contributed by atoms with van der Waals surface area (Å²) in [7, 11) is 0. The van der Waals surface area contributed by atoms with E-state index in [0.717, 1.165) is 0 Å². The van der Waals surface area contributed by atoms with E-state index in [2.05, 4.69) is 0 Å². The summed E-state index contributed by atoms with van der Waals surface area (Å²) in [6, 6.07) is -0.325. The quantitative estimate of drug-likeness (QED) is 0.602. The third-order valence-corrected chi connectivity index (χ3v) is 2.49. The van der Waals surface area contributed by atoms with E-state index in [1.165, 1.54) is 0 Å². The van der Waals surface area contributed by atoms with Crippen LogP contribution in [0.15, 0.2) is 0 Å². The molecule has 5 heteroatoms. The van der Waals surface area contributed by atoms with Crippen molar-refractivity contribution >= 4 is 11.9 Å². The number of ether oxygens (including phenoxy) is 2. The molecule has 0 saturated heterocycles. The van der Waals surface area contributed by atoms with E-state index in [-0.39, 0.29) is 18.0 Å². The largest absolute Gasteiger partial charge is 0.466 e. The number of esters is 2. The fraction of sp³-hybridized carbons (Fsp3) is 0.833. The molecule has 0 rings (SSSR count). The maximum atomic E-state index is 11.5. The van der Waals surface area contributed by atoms with Crippen molar-refractivity contribution in [3.8, 4) is 0 Å². The normalized spacial score (nSPS) is 12.3. The van der Waals surface area contributed by atoms with Gasteiger partial charge in [-0.1, -0.05) is 6.92 Å². The summed E-state index contributed by atoms with van der Waals surface area (Å²) >= 11 is 0. The van der Waals surface area contributed by atoms with Crippen LogP contribution in [0.3, 0.4) is 0 Å². The molecular formula is C12H23NO4. The molecule has 0 spiro atoms. The van der Waals surface area contributed by atoms with Crippen LogP contribution in [-0.2, 0) is 19.1 Å². The molecular weight excluding hydrogens is 222 g/mol. The van der Waals surface area contributed by atoms with E-state index in [1.54, 1.807) is 20.8 Å². The lowest BCUT2D eigenvalue weighted by atomic mass is 10.2. The third-order valence-electron chi connectivity index (χ3n) is 2.49. The summed E-state index contributed by atoms with van der Waals surface area (Å²) in [6.45, 7) is 9.25. The van der Waals surface area contributed by atoms with Crippen LogP contribution in [0.25, 0.3) is 0 Å². The highest BCUT2D eigenvalue weighted by Gasteiger charge is 2.21. The molecule has 1 atom stereocenters. The molecule has 1 unspecified atom stereocenters. The van der Waals surface area contributed by atoms with Gasteiger partial charge in [-0.25, -0.2) is 0 Å². The Kier molecular flexibility index (Phi) is 8.40. The summed E-state index contributed by atoms with van der Waals surface area (Å²) in [5.74, 6) is -0.486. The van der Waals surface area contributed by atoms with Crippen LogP contribution in [0.5, 0.6) is 0 Å². The molecule has 0 fully saturated rings. The van der Waals surface area contributed by atoms with Crippen molar-refractivity contribution in [3.05, 3.63) is 0 Å². The lowest BCUT2D eigenvalue weighted by molar-refractivity contribution is -0.150. The molecule has 0 radical (unpaired) electrons. The second-order valence-electron chi connectivity index (χ2n) is 3.61. The van der Waals surface area contributed by atoms with Crippen molar-refractivity contribution < 1.29 is 19.1 Å². The highest BCUT2D eigenvalue weighted by Crippen LogP contribution is 2.03. The van der Waals surface area contributed by atoms with Gasteiger partial charge in [-0.05, 0) is 27.3 Å². The van der Waals surface area contributed by atoms with Crippen LogP contribution >= 0.6 is 0 Å². The Morgan fingerprint density at radius 1 is 1.12 bits per heavy atom. The van der Waals surface area contributed by atoms with Crippen LogP contribution in [-0.4, -0.2) is 49.2 Å². The Labute approximate surface area is 103 Å². The minimum absolute atomic E-state index is 0.234. The van der Waals surface area contributed by atoms with Crippen LogP contribution in [0, 0.1) is 0 Å². The zero-order valence-electron chi connectivity index (χ0n) is 11.2. The highest BCUT2D eigenvalue weighted by atomic mass is 16.5. The summed E-state index contributed by atoms with van der Waals surface area (Å²) in [5, 5.41) is 0. The second-order valence-corrected chi connectivity index (χ2v) is 3.61. The first-order chi connectivity index (χ1) is 8.06. The molecule has 0 aromatic carbocycles. The molecule has 0 aliphatic heterocycles. The monoisotopic (exact) mass is 245 g/mol. The first kappa shape index (κ1) is 15.9. The Hall–Kier alpha value is -1.10. The maximum Gasteiger partial charge on any atom is 0.323 e. The number of hydrogen-bond acceptors (Lipinski definition) is 5. The first-order valence-corrected chi connectivity index (χ1v) is 6.13. The van der Waals surface area contributed by atoms with Gasteiger partial charge < -0.3 is 9.47 Å². The fourth-order valence-electron chi connectivity index (χ4n) is 1.51. The van der Waals surface area contributed by atoms with Gasteiger partial charge in [0, 0.05) is 6.54 Å². The van der Waals surface area contributed by atoms with Crippen LogP contribution in [0.1, 0.15) is 34.1 Å². The second kappa shape index (κ2) is 8.98. The third kappa shape index (κ3) is 6.26. The molecule has 0 saturated carbocycles. The lowest BCUT2D eigenvalue weighted by Gasteiger charge is -2.25. The van der Waals surface area contributed by atoms with Gasteiger partial charge in [0.15, 0.2) is 0 Å². The van der Waals surface area contributed by atoms with Gasteiger partial charge in [0.2, 0.25) is 0 Å². The number of carbonyl (C=O) groups is 2. The number of likely N-dealkylation sites (N-methyl/N-ethyl adjacent to an activating group) is 1. The van der Waals surface area contributed by atoms with Gasteiger partial charge in [-0.3, -0.25) is 14.5 Å². The molecule has 0 amide bonds. The van der Waals surface area contributed by atoms with Crippen molar-refractivity contribution in [1.82, 2.24) is 4.90 Å². The number of nitrogens with zero attached hydrogens (tertiary/aromatic N) is 1. The van der Waals surface area contributed by atoms with E-state index in [1.807, 2.05) is 11.8 Å². The molecule has 0 aliphatic rings. The summed E-state index contributed by atoms with van der Waals surface area (Å²) in [4.78, 5) is 24.6. The lowest BCUT2D eigenvalue weighted by Crippen LogP contribution is -2.41. The van der Waals surface area contributed by atoms with Crippen molar-refractivity contribution in [2.45, 2.75) is 40.2 Å². The van der Waals surface area contributed by atoms with Crippen molar-refractivity contribution in [3.63, 3.8) is 0 Å². The molecule has 5 nitrogen and oxygen atoms in total. The average molecular weight is 245 g/mol. The first-order valence-electron chi connectivity index (χ1n) is 6.13. The van der Waals surface area contributed by atoms with E-state index in [0.29, 0.717) is 32.7 Å². The van der Waals surface area contributed by atoms with Crippen molar-refractivity contribution in [2.75, 3.05) is 26.3 Å². The topological polar surface area (TPSA) is 55.8 Å². The molecule has 100 valence electrons. The Bertz CT molecular complexity index is 243. The molecule has 0 heterocycles. The Morgan fingerprint density at radius 3 is 2.18 bits per heavy atom. The molecule has 0 N–H and O–H groups in total. The van der Waals surface area contributed by atoms with Crippen molar-refractivity contribution in [1.29, 1.82) is 0 Å². The van der Waals surface area contributed by atoms with Gasteiger partial charge in [-0.15, -0.1) is 0 Å². The maximum absolute atomic E-state index is 11.5. The fourth-order valence-corrected chi connectivity index (χ4v) is 1.51. The molecule has 0 aliphatic carbocycles. The Balaban J connectivity index is 4.13. The van der Waals surface area contributed by atoms with Gasteiger partial charge in [0.25, 0.3) is 0 Å². The van der Waals surface area contributed by atoms with Crippen molar-refractivity contribution in [2.24, 2.45) is 0 Å².